The third-order valence-corrected chi connectivity index (χ3v) is 3.80. The van der Waals surface area contributed by atoms with Gasteiger partial charge in [-0.05, 0) is 24.6 Å². The second kappa shape index (κ2) is 6.89. The first-order chi connectivity index (χ1) is 8.74. The molecule has 4 nitrogen and oxygen atoms in total. The number of hydrogen-bond donors (Lipinski definition) is 2. The lowest BCUT2D eigenvalue weighted by Crippen LogP contribution is -2.31. The van der Waals surface area contributed by atoms with E-state index in [9.17, 15) is 5.11 Å². The highest BCUT2D eigenvalue weighted by atomic mass is 35.5. The summed E-state index contributed by atoms with van der Waals surface area (Å²) in [6.07, 6.45) is 4.07. The van der Waals surface area contributed by atoms with E-state index in [1.165, 1.54) is 4.88 Å². The number of nitrogens with one attached hydrogen (secondary N) is 1. The molecule has 98 valence electrons. The van der Waals surface area contributed by atoms with Crippen LogP contribution in [0.4, 0.5) is 0 Å². The molecule has 0 saturated carbocycles. The molecular weight excluding hydrogens is 270 g/mol. The first-order valence-electron chi connectivity index (χ1n) is 5.84. The summed E-state index contributed by atoms with van der Waals surface area (Å²) in [5, 5.41) is 17.1. The van der Waals surface area contributed by atoms with E-state index in [-0.39, 0.29) is 0 Å². The lowest BCUT2D eigenvalue weighted by molar-refractivity contribution is 0.147. The molecule has 2 aromatic rings. The van der Waals surface area contributed by atoms with Crippen molar-refractivity contribution < 1.29 is 5.11 Å². The predicted octanol–water partition coefficient (Wildman–Crippen LogP) is 1.79. The van der Waals surface area contributed by atoms with Gasteiger partial charge in [0.25, 0.3) is 0 Å². The summed E-state index contributed by atoms with van der Waals surface area (Å²) >= 11 is 7.45. The molecule has 0 amide bonds. The molecule has 0 radical (unpaired) electrons. The maximum Gasteiger partial charge on any atom is 0.0931 e. The van der Waals surface area contributed by atoms with Crippen LogP contribution in [-0.4, -0.2) is 34.1 Å². The van der Waals surface area contributed by atoms with Crippen molar-refractivity contribution in [2.75, 3.05) is 13.1 Å². The molecule has 6 heteroatoms. The van der Waals surface area contributed by atoms with E-state index < -0.39 is 6.10 Å². The smallest absolute Gasteiger partial charge is 0.0931 e. The fourth-order valence-electron chi connectivity index (χ4n) is 1.66. The van der Waals surface area contributed by atoms with Crippen LogP contribution in [0.2, 0.25) is 4.34 Å². The molecule has 2 heterocycles. The summed E-state index contributed by atoms with van der Waals surface area (Å²) < 4.78 is 2.55. The monoisotopic (exact) mass is 285 g/mol. The minimum absolute atomic E-state index is 0.420. The maximum atomic E-state index is 9.78. The molecule has 0 aromatic carbocycles. The van der Waals surface area contributed by atoms with E-state index in [4.69, 9.17) is 11.6 Å². The van der Waals surface area contributed by atoms with E-state index in [1.54, 1.807) is 22.2 Å². The van der Waals surface area contributed by atoms with Crippen molar-refractivity contribution in [1.29, 1.82) is 0 Å². The van der Waals surface area contributed by atoms with Crippen LogP contribution in [-0.2, 0) is 13.0 Å². The largest absolute Gasteiger partial charge is 0.390 e. The van der Waals surface area contributed by atoms with E-state index in [1.807, 2.05) is 24.4 Å². The maximum absolute atomic E-state index is 9.78. The van der Waals surface area contributed by atoms with Crippen LogP contribution in [0.3, 0.4) is 0 Å². The van der Waals surface area contributed by atoms with Crippen molar-refractivity contribution in [3.05, 3.63) is 39.8 Å². The lowest BCUT2D eigenvalue weighted by atomic mass is 10.3. The van der Waals surface area contributed by atoms with Crippen molar-refractivity contribution >= 4 is 22.9 Å². The molecule has 0 spiro atoms. The Hall–Kier alpha value is -0.880. The van der Waals surface area contributed by atoms with Crippen LogP contribution in [0.15, 0.2) is 30.6 Å². The van der Waals surface area contributed by atoms with E-state index in [0.29, 0.717) is 13.1 Å². The summed E-state index contributed by atoms with van der Waals surface area (Å²) in [6, 6.07) is 5.80. The molecular formula is C12H16ClN3OS. The van der Waals surface area contributed by atoms with Crippen LogP contribution in [0.25, 0.3) is 0 Å². The van der Waals surface area contributed by atoms with Gasteiger partial charge < -0.3 is 10.4 Å². The number of halogens is 1. The van der Waals surface area contributed by atoms with Crippen LogP contribution >= 0.6 is 22.9 Å². The molecule has 1 unspecified atom stereocenters. The summed E-state index contributed by atoms with van der Waals surface area (Å²) in [5.41, 5.74) is 0. The topological polar surface area (TPSA) is 50.1 Å². The van der Waals surface area contributed by atoms with Crippen LogP contribution in [0, 0.1) is 0 Å². The summed E-state index contributed by atoms with van der Waals surface area (Å²) in [7, 11) is 0. The zero-order valence-corrected chi connectivity index (χ0v) is 11.5. The standard InChI is InChI=1S/C12H16ClN3OS/c13-12-3-2-11(18-12)4-6-14-8-10(17)9-16-7-1-5-15-16/h1-3,5,7,10,14,17H,4,6,8-9H2. The first kappa shape index (κ1) is 13.5. The molecule has 0 aliphatic heterocycles. The van der Waals surface area contributed by atoms with Crippen molar-refractivity contribution in [2.45, 2.75) is 19.1 Å². The third kappa shape index (κ3) is 4.42. The Balaban J connectivity index is 1.60. The van der Waals surface area contributed by atoms with Gasteiger partial charge in [-0.2, -0.15) is 5.10 Å². The second-order valence-corrected chi connectivity index (χ2v) is 5.84. The van der Waals surface area contributed by atoms with Gasteiger partial charge in [-0.1, -0.05) is 11.6 Å². The van der Waals surface area contributed by atoms with E-state index >= 15 is 0 Å². The van der Waals surface area contributed by atoms with Gasteiger partial charge in [0, 0.05) is 30.4 Å². The van der Waals surface area contributed by atoms with Crippen LogP contribution in [0.1, 0.15) is 4.88 Å². The Morgan fingerprint density at radius 3 is 3.06 bits per heavy atom. The highest BCUT2D eigenvalue weighted by molar-refractivity contribution is 7.16. The van der Waals surface area contributed by atoms with Gasteiger partial charge >= 0.3 is 0 Å². The van der Waals surface area contributed by atoms with Crippen LogP contribution in [0.5, 0.6) is 0 Å². The Kier molecular flexibility index (Phi) is 5.19. The Bertz CT molecular complexity index is 458. The van der Waals surface area contributed by atoms with Gasteiger partial charge in [0.05, 0.1) is 17.0 Å². The second-order valence-electron chi connectivity index (χ2n) is 4.04. The van der Waals surface area contributed by atoms with Gasteiger partial charge in [-0.3, -0.25) is 4.68 Å². The van der Waals surface area contributed by atoms with Gasteiger partial charge in [-0.15, -0.1) is 11.3 Å². The average molecular weight is 286 g/mol. The number of aliphatic hydroxyl groups is 1. The average Bonchev–Trinajstić information content (AvgIpc) is 2.96. The Morgan fingerprint density at radius 1 is 1.50 bits per heavy atom. The molecule has 0 bridgehead atoms. The molecule has 2 rings (SSSR count). The molecule has 0 saturated heterocycles. The third-order valence-electron chi connectivity index (χ3n) is 2.51. The van der Waals surface area contributed by atoms with Crippen molar-refractivity contribution in [1.82, 2.24) is 15.1 Å². The number of aliphatic hydroxyl groups excluding tert-OH is 1. The molecule has 0 fully saturated rings. The Labute approximate surface area is 115 Å². The highest BCUT2D eigenvalue weighted by Gasteiger charge is 2.05. The summed E-state index contributed by atoms with van der Waals surface area (Å²) in [6.45, 7) is 1.93. The minimum Gasteiger partial charge on any atom is -0.390 e. The Morgan fingerprint density at radius 2 is 2.39 bits per heavy atom. The van der Waals surface area contributed by atoms with Gasteiger partial charge in [0.2, 0.25) is 0 Å². The van der Waals surface area contributed by atoms with Gasteiger partial charge in [0.15, 0.2) is 0 Å². The fraction of sp³-hybridized carbons (Fsp3) is 0.417. The predicted molar refractivity (Wildman–Crippen MR) is 74.1 cm³/mol. The van der Waals surface area contributed by atoms with Gasteiger partial charge in [0.1, 0.15) is 0 Å². The summed E-state index contributed by atoms with van der Waals surface area (Å²) in [4.78, 5) is 1.26. The summed E-state index contributed by atoms with van der Waals surface area (Å²) in [5.74, 6) is 0. The molecule has 2 N–H and O–H groups in total. The zero-order valence-electron chi connectivity index (χ0n) is 9.92. The molecule has 2 aromatic heterocycles. The minimum atomic E-state index is -0.420. The van der Waals surface area contributed by atoms with Crippen molar-refractivity contribution in [2.24, 2.45) is 0 Å². The quantitative estimate of drug-likeness (QED) is 0.763. The number of aromatic nitrogens is 2. The number of rotatable bonds is 7. The fourth-order valence-corrected chi connectivity index (χ4v) is 2.74. The molecule has 0 aliphatic rings. The van der Waals surface area contributed by atoms with Crippen molar-refractivity contribution in [3.63, 3.8) is 0 Å². The van der Waals surface area contributed by atoms with Gasteiger partial charge in [-0.25, -0.2) is 0 Å². The zero-order chi connectivity index (χ0) is 12.8. The molecule has 18 heavy (non-hydrogen) atoms. The molecule has 0 aliphatic carbocycles. The lowest BCUT2D eigenvalue weighted by Gasteiger charge is -2.11. The number of nitrogens with zero attached hydrogens (tertiary/aromatic N) is 2. The number of hydrogen-bond acceptors (Lipinski definition) is 4. The van der Waals surface area contributed by atoms with E-state index in [2.05, 4.69) is 10.4 Å². The molecule has 1 atom stereocenters. The van der Waals surface area contributed by atoms with Crippen molar-refractivity contribution in [3.8, 4) is 0 Å². The highest BCUT2D eigenvalue weighted by Crippen LogP contribution is 2.21. The van der Waals surface area contributed by atoms with E-state index in [0.717, 1.165) is 17.3 Å². The SMILES string of the molecule is OC(CNCCc1ccc(Cl)s1)Cn1cccn1. The van der Waals surface area contributed by atoms with Crippen LogP contribution < -0.4 is 5.32 Å². The first-order valence-corrected chi connectivity index (χ1v) is 7.04. The number of thiophene rings is 1. The normalized spacial score (nSPS) is 12.8.